The fraction of sp³-hybridized carbons (Fsp3) is 0.783. The van der Waals surface area contributed by atoms with Crippen LogP contribution >= 0.6 is 0 Å². The van der Waals surface area contributed by atoms with Gasteiger partial charge in [-0.05, 0) is 107 Å². The maximum Gasteiger partial charge on any atom is 0.266 e. The van der Waals surface area contributed by atoms with Crippen LogP contribution in [-0.2, 0) is 73.5 Å². The summed E-state index contributed by atoms with van der Waals surface area (Å²) >= 11 is 0. The molecule has 10 unspecified atom stereocenters. The molecule has 0 spiro atoms. The Hall–Kier alpha value is -5.79. The summed E-state index contributed by atoms with van der Waals surface area (Å²) < 4.78 is 23.3. The van der Waals surface area contributed by atoms with Crippen LogP contribution in [0.3, 0.4) is 0 Å². The molecule has 0 bridgehead atoms. The molecule has 0 aromatic heterocycles. The summed E-state index contributed by atoms with van der Waals surface area (Å²) in [4.78, 5) is 134. The Morgan fingerprint density at radius 1 is 0.645 bits per heavy atom. The Kier molecular flexibility index (Phi) is 35.3. The Balaban J connectivity index is 1.18. The van der Waals surface area contributed by atoms with Crippen molar-refractivity contribution in [3.05, 3.63) is 29.8 Å². The Morgan fingerprint density at radius 3 is 1.84 bits per heavy atom. The van der Waals surface area contributed by atoms with Gasteiger partial charge < -0.3 is 60.2 Å². The number of benzene rings is 1. The summed E-state index contributed by atoms with van der Waals surface area (Å²) in [6.07, 6.45) is 10.6. The largest absolute Gasteiger partial charge is 0.379 e. The molecule has 24 nitrogen and oxygen atoms in total. The lowest BCUT2D eigenvalue weighted by molar-refractivity contribution is -0.148. The van der Waals surface area contributed by atoms with E-state index >= 15 is 0 Å². The molecule has 3 fully saturated rings. The number of hydroxylamine groups is 1. The molecule has 4 rings (SSSR count). The molecule has 528 valence electrons. The number of likely N-dealkylation sites (N-methyl/N-ethyl adjacent to an activating group) is 2. The summed E-state index contributed by atoms with van der Waals surface area (Å²) in [5.74, 6) is -3.47. The second-order valence-corrected chi connectivity index (χ2v) is 27.3. The predicted molar refractivity (Wildman–Crippen MR) is 357 cm³/mol. The predicted octanol–water partition coefficient (Wildman–Crippen LogP) is 6.14. The van der Waals surface area contributed by atoms with Gasteiger partial charge in [-0.25, -0.2) is 5.48 Å². The van der Waals surface area contributed by atoms with Crippen LogP contribution < -0.4 is 32.1 Å². The van der Waals surface area contributed by atoms with Gasteiger partial charge >= 0.3 is 0 Å². The third-order valence-corrected chi connectivity index (χ3v) is 18.7. The van der Waals surface area contributed by atoms with Crippen molar-refractivity contribution in [3.63, 3.8) is 0 Å². The number of amides is 9. The van der Waals surface area contributed by atoms with Crippen molar-refractivity contribution in [3.8, 4) is 0 Å². The van der Waals surface area contributed by atoms with Crippen molar-refractivity contribution in [1.29, 1.82) is 0 Å². The minimum atomic E-state index is -0.961. The second-order valence-electron chi connectivity index (χ2n) is 27.3. The van der Waals surface area contributed by atoms with E-state index in [-0.39, 0.29) is 123 Å². The molecule has 93 heavy (non-hydrogen) atoms. The van der Waals surface area contributed by atoms with Crippen molar-refractivity contribution in [1.82, 2.24) is 46.3 Å². The first-order chi connectivity index (χ1) is 44.2. The first-order valence-electron chi connectivity index (χ1n) is 34.5. The molecule has 10 atom stereocenters. The molecular formula is C69H118N10O14. The molecule has 2 aliphatic heterocycles. The van der Waals surface area contributed by atoms with Crippen LogP contribution in [0.1, 0.15) is 178 Å². The van der Waals surface area contributed by atoms with Gasteiger partial charge in [-0.1, -0.05) is 113 Å². The number of hydrogen-bond donors (Lipinski definition) is 6. The quantitative estimate of drug-likeness (QED) is 0.0321. The molecule has 0 radical (unpaired) electrons. The molecule has 9 amide bonds. The van der Waals surface area contributed by atoms with Gasteiger partial charge in [-0.15, -0.1) is 0 Å². The van der Waals surface area contributed by atoms with E-state index in [1.165, 1.54) is 33.5 Å². The maximum absolute atomic E-state index is 14.5. The monoisotopic (exact) mass is 1310 g/mol. The lowest BCUT2D eigenvalue weighted by atomic mass is 9.89. The lowest BCUT2D eigenvalue weighted by Gasteiger charge is -2.41. The van der Waals surface area contributed by atoms with Gasteiger partial charge in [0.25, 0.3) is 5.91 Å². The number of anilines is 1. The molecule has 1 aliphatic carbocycles. The van der Waals surface area contributed by atoms with Crippen molar-refractivity contribution in [2.24, 2.45) is 35.5 Å². The van der Waals surface area contributed by atoms with E-state index in [2.05, 4.69) is 32.1 Å². The van der Waals surface area contributed by atoms with Gasteiger partial charge in [0.05, 0.1) is 82.1 Å². The minimum Gasteiger partial charge on any atom is -0.379 e. The summed E-state index contributed by atoms with van der Waals surface area (Å²) in [5, 5.41) is 14.7. The van der Waals surface area contributed by atoms with Crippen molar-refractivity contribution >= 4 is 58.9 Å². The average Bonchev–Trinajstić information content (AvgIpc) is 1.89. The number of carbonyl (C=O) groups is 9. The van der Waals surface area contributed by atoms with Crippen molar-refractivity contribution in [2.75, 3.05) is 86.7 Å². The van der Waals surface area contributed by atoms with E-state index in [4.69, 9.17) is 23.8 Å². The first-order valence-corrected chi connectivity index (χ1v) is 34.5. The second kappa shape index (κ2) is 41.2. The fourth-order valence-electron chi connectivity index (χ4n) is 13.1. The molecule has 6 N–H and O–H groups in total. The third kappa shape index (κ3) is 26.0. The van der Waals surface area contributed by atoms with Crippen LogP contribution in [0.4, 0.5) is 5.69 Å². The number of hydrogen-bond acceptors (Lipinski definition) is 15. The van der Waals surface area contributed by atoms with E-state index in [0.29, 0.717) is 69.4 Å². The van der Waals surface area contributed by atoms with Crippen molar-refractivity contribution in [2.45, 2.75) is 233 Å². The molecule has 1 aromatic carbocycles. The highest BCUT2D eigenvalue weighted by Gasteiger charge is 2.44. The van der Waals surface area contributed by atoms with Crippen molar-refractivity contribution < 1.29 is 66.9 Å². The van der Waals surface area contributed by atoms with Crippen LogP contribution in [0.25, 0.3) is 0 Å². The zero-order valence-corrected chi connectivity index (χ0v) is 58.9. The minimum absolute atomic E-state index is 0.00632. The highest BCUT2D eigenvalue weighted by atomic mass is 16.7. The zero-order valence-electron chi connectivity index (χ0n) is 58.9. The van der Waals surface area contributed by atoms with Crippen LogP contribution in [0, 0.1) is 35.5 Å². The van der Waals surface area contributed by atoms with Gasteiger partial charge in [0, 0.05) is 65.0 Å². The van der Waals surface area contributed by atoms with Crippen LogP contribution in [0.15, 0.2) is 24.3 Å². The Morgan fingerprint density at radius 2 is 1.27 bits per heavy atom. The number of rotatable bonds is 38. The number of piperidine rings is 1. The number of carbonyl (C=O) groups excluding carboxylic acids is 9. The van der Waals surface area contributed by atoms with E-state index in [1.54, 1.807) is 55.0 Å². The van der Waals surface area contributed by atoms with E-state index in [1.807, 2.05) is 79.3 Å². The molecule has 1 saturated carbocycles. The molecule has 2 heterocycles. The molecule has 24 heteroatoms. The standard InChI is InChI=1S/C69H118N10O14/c1-16-47(8)62(77(13)69(88)60(45(4)5)74-68(87)61(46(6)7)76(11)12)56(89-14)42-59(82)79-34-22-25-55(79)63(90-15)48(9)64(83)73-54(41-44(2)3)67(86)75-93-43-50-26-28-53(29-27-50)71-65(84)49(10)70-57(80)32-37-91-39-40-92-38-33-58(81)78-35-30-51(31-36-78)66(85)72-52-23-20-18-17-19-21-24-52/h26-29,44-49,51-52,54-56,60-63H,16-25,30-43H2,1-15H3,(H,70,80)(H,71,84)(H,72,85)(H,73,83)(H,74,87)(H,75,86). The molecule has 3 aliphatic rings. The van der Waals surface area contributed by atoms with Crippen LogP contribution in [0.2, 0.25) is 0 Å². The van der Waals surface area contributed by atoms with Gasteiger partial charge in [0.1, 0.15) is 18.1 Å². The fourth-order valence-corrected chi connectivity index (χ4v) is 13.1. The summed E-state index contributed by atoms with van der Waals surface area (Å²) in [5.41, 5.74) is 3.64. The van der Waals surface area contributed by atoms with Crippen LogP contribution in [0.5, 0.6) is 0 Å². The van der Waals surface area contributed by atoms with Gasteiger partial charge in [0.15, 0.2) is 0 Å². The zero-order chi connectivity index (χ0) is 68.9. The summed E-state index contributed by atoms with van der Waals surface area (Å²) in [7, 11) is 8.44. The van der Waals surface area contributed by atoms with Gasteiger partial charge in [-0.3, -0.25) is 52.9 Å². The average molecular weight is 1310 g/mol. The first kappa shape index (κ1) is 79.6. The number of nitrogens with one attached hydrogen (secondary N) is 6. The maximum atomic E-state index is 14.5. The third-order valence-electron chi connectivity index (χ3n) is 18.7. The number of nitrogens with zero attached hydrogens (tertiary/aromatic N) is 4. The molecule has 1 aromatic rings. The lowest BCUT2D eigenvalue weighted by Crippen LogP contribution is -2.59. The van der Waals surface area contributed by atoms with E-state index in [9.17, 15) is 43.2 Å². The van der Waals surface area contributed by atoms with E-state index < -0.39 is 72.1 Å². The van der Waals surface area contributed by atoms with Gasteiger partial charge in [-0.2, -0.15) is 0 Å². The normalized spacial score (nSPS) is 18.9. The topological polar surface area (TPSA) is 285 Å². The van der Waals surface area contributed by atoms with Gasteiger partial charge in [0.2, 0.25) is 47.3 Å². The smallest absolute Gasteiger partial charge is 0.266 e. The Bertz CT molecular complexity index is 2480. The number of likely N-dealkylation sites (tertiary alicyclic amines) is 2. The molecule has 2 saturated heterocycles. The number of ether oxygens (including phenoxy) is 4. The van der Waals surface area contributed by atoms with Crippen LogP contribution in [-0.4, -0.2) is 209 Å². The highest BCUT2D eigenvalue weighted by molar-refractivity contribution is 5.97. The number of methoxy groups -OCH3 is 2. The summed E-state index contributed by atoms with van der Waals surface area (Å²) in [6.45, 7) is 21.3. The summed E-state index contributed by atoms with van der Waals surface area (Å²) in [6, 6.07) is 3.00. The SMILES string of the molecule is CCC(C)C(C(CC(=O)N1CCCC1C(OC)C(C)C(=O)NC(CC(C)C)C(=O)NOCc1ccc(NC(=O)C(C)NC(=O)CCOCCOCCC(=O)N2CCC(C(=O)NC3CCCCCCC3)CC2)cc1)OC)N(C)C(=O)C(NC(=O)C(C(C)C)N(C)C)C(C)C. The Labute approximate surface area is 555 Å². The van der Waals surface area contributed by atoms with E-state index in [0.717, 1.165) is 25.7 Å². The molecular weight excluding hydrogens is 1190 g/mol. The highest BCUT2D eigenvalue weighted by Crippen LogP contribution is 2.31.